The van der Waals surface area contributed by atoms with Gasteiger partial charge in [-0.3, -0.25) is 9.78 Å². The van der Waals surface area contributed by atoms with Crippen LogP contribution in [0.25, 0.3) is 0 Å². The lowest BCUT2D eigenvalue weighted by Crippen LogP contribution is -2.08. The number of nitrogens with one attached hydrogen (secondary N) is 2. The van der Waals surface area contributed by atoms with Crippen molar-refractivity contribution in [1.82, 2.24) is 9.97 Å². The molecule has 0 atom stereocenters. The van der Waals surface area contributed by atoms with E-state index in [1.54, 1.807) is 0 Å². The highest BCUT2D eigenvalue weighted by atomic mass is 32.1. The number of ether oxygens (including phenoxy) is 1. The number of hydrogen-bond donors (Lipinski definition) is 2. The van der Waals surface area contributed by atoms with E-state index in [1.807, 2.05) is 0 Å². The van der Waals surface area contributed by atoms with Crippen LogP contribution >= 0.6 is 12.2 Å². The summed E-state index contributed by atoms with van der Waals surface area (Å²) >= 11 is 4.77. The van der Waals surface area contributed by atoms with Gasteiger partial charge in [0.1, 0.15) is 0 Å². The van der Waals surface area contributed by atoms with Crippen LogP contribution < -0.4 is 10.3 Å². The summed E-state index contributed by atoms with van der Waals surface area (Å²) in [7, 11) is 0. The normalized spacial score (nSPS) is 9.92. The maximum atomic E-state index is 10.9. The number of H-pyrrole nitrogens is 2. The third-order valence-electron chi connectivity index (χ3n) is 1.49. The smallest absolute Gasteiger partial charge is 0.255 e. The van der Waals surface area contributed by atoms with Crippen molar-refractivity contribution in [3.8, 4) is 5.88 Å². The zero-order valence-corrected chi connectivity index (χ0v) is 8.24. The third kappa shape index (κ3) is 3.42. The molecule has 13 heavy (non-hydrogen) atoms. The number of hydrogen-bond acceptors (Lipinski definition) is 3. The van der Waals surface area contributed by atoms with Crippen molar-refractivity contribution >= 4 is 12.2 Å². The summed E-state index contributed by atoms with van der Waals surface area (Å²) in [4.78, 5) is 16.1. The summed E-state index contributed by atoms with van der Waals surface area (Å²) < 4.78 is 5.56. The summed E-state index contributed by atoms with van der Waals surface area (Å²) in [6.07, 6.45) is 2.03. The van der Waals surface area contributed by atoms with Crippen molar-refractivity contribution in [3.05, 3.63) is 21.2 Å². The summed E-state index contributed by atoms with van der Waals surface area (Å²) in [6.45, 7) is 2.68. The fourth-order valence-corrected chi connectivity index (χ4v) is 1.05. The molecule has 0 fully saturated rings. The molecule has 0 amide bonds. The molecular formula is C8H12N2O2S. The summed E-state index contributed by atoms with van der Waals surface area (Å²) in [5, 5.41) is 0. The monoisotopic (exact) mass is 200 g/mol. The Morgan fingerprint density at radius 1 is 1.54 bits per heavy atom. The first-order valence-electron chi connectivity index (χ1n) is 4.19. The van der Waals surface area contributed by atoms with Crippen molar-refractivity contribution in [1.29, 1.82) is 0 Å². The lowest BCUT2D eigenvalue weighted by molar-refractivity contribution is 0.296. The Labute approximate surface area is 81.0 Å². The highest BCUT2D eigenvalue weighted by molar-refractivity contribution is 7.71. The second kappa shape index (κ2) is 4.81. The first kappa shape index (κ1) is 9.98. The lowest BCUT2D eigenvalue weighted by Gasteiger charge is -2.03. The van der Waals surface area contributed by atoms with Gasteiger partial charge in [-0.05, 0) is 18.6 Å². The van der Waals surface area contributed by atoms with E-state index in [0.717, 1.165) is 12.8 Å². The molecule has 1 rings (SSSR count). The van der Waals surface area contributed by atoms with Crippen molar-refractivity contribution in [2.24, 2.45) is 0 Å². The standard InChI is InChI=1S/C8H12N2O2S/c1-2-3-4-12-7-5-6(11)9-8(13)10-7/h5H,2-4H2,1H3,(H2,9,10,11,13). The number of aromatic nitrogens is 2. The van der Waals surface area contributed by atoms with Crippen molar-refractivity contribution < 1.29 is 4.74 Å². The molecule has 0 saturated carbocycles. The molecule has 0 radical (unpaired) electrons. The minimum absolute atomic E-state index is 0.241. The molecule has 0 aliphatic heterocycles. The van der Waals surface area contributed by atoms with Crippen LogP contribution in [0, 0.1) is 4.77 Å². The molecule has 1 heterocycles. The molecule has 0 aliphatic rings. The van der Waals surface area contributed by atoms with Gasteiger partial charge >= 0.3 is 0 Å². The van der Waals surface area contributed by atoms with Crippen LogP contribution in [-0.2, 0) is 0 Å². The van der Waals surface area contributed by atoms with Gasteiger partial charge in [0.2, 0.25) is 0 Å². The summed E-state index contributed by atoms with van der Waals surface area (Å²) in [5.74, 6) is 0.433. The predicted molar refractivity (Wildman–Crippen MR) is 52.7 cm³/mol. The average molecular weight is 200 g/mol. The Hall–Kier alpha value is -1.10. The highest BCUT2D eigenvalue weighted by Gasteiger charge is 1.94. The van der Waals surface area contributed by atoms with E-state index in [9.17, 15) is 4.79 Å². The van der Waals surface area contributed by atoms with Crippen LogP contribution in [0.2, 0.25) is 0 Å². The van der Waals surface area contributed by atoms with Gasteiger partial charge < -0.3 is 9.72 Å². The highest BCUT2D eigenvalue weighted by Crippen LogP contribution is 2.00. The Balaban J connectivity index is 2.67. The molecule has 2 N–H and O–H groups in total. The number of aromatic amines is 2. The Bertz CT molecular complexity index is 341. The van der Waals surface area contributed by atoms with E-state index >= 15 is 0 Å². The summed E-state index contributed by atoms with van der Waals surface area (Å²) in [6, 6.07) is 1.35. The topological polar surface area (TPSA) is 57.9 Å². The quantitative estimate of drug-likeness (QED) is 0.573. The second-order valence-electron chi connectivity index (χ2n) is 2.65. The minimum Gasteiger partial charge on any atom is -0.479 e. The molecule has 72 valence electrons. The van der Waals surface area contributed by atoms with Crippen LogP contribution in [-0.4, -0.2) is 16.6 Å². The lowest BCUT2D eigenvalue weighted by atomic mass is 10.4. The van der Waals surface area contributed by atoms with Crippen LogP contribution in [0.3, 0.4) is 0 Å². The molecule has 0 aliphatic carbocycles. The van der Waals surface area contributed by atoms with Gasteiger partial charge in [-0.25, -0.2) is 0 Å². The Morgan fingerprint density at radius 2 is 2.31 bits per heavy atom. The molecule has 1 aromatic heterocycles. The fraction of sp³-hybridized carbons (Fsp3) is 0.500. The van der Waals surface area contributed by atoms with Gasteiger partial charge in [0.05, 0.1) is 12.7 Å². The van der Waals surface area contributed by atoms with Gasteiger partial charge in [-0.15, -0.1) is 0 Å². The molecule has 0 unspecified atom stereocenters. The van der Waals surface area contributed by atoms with E-state index in [-0.39, 0.29) is 5.56 Å². The maximum Gasteiger partial charge on any atom is 0.255 e. The number of rotatable bonds is 4. The Morgan fingerprint density at radius 3 is 2.92 bits per heavy atom. The zero-order valence-electron chi connectivity index (χ0n) is 7.42. The van der Waals surface area contributed by atoms with Crippen LogP contribution in [0.1, 0.15) is 19.8 Å². The van der Waals surface area contributed by atoms with Crippen LogP contribution in [0.15, 0.2) is 10.9 Å². The SMILES string of the molecule is CCCCOc1cc(=O)[nH]c(=S)[nH]1. The first-order valence-corrected chi connectivity index (χ1v) is 4.59. The fourth-order valence-electron chi connectivity index (χ4n) is 0.850. The minimum atomic E-state index is -0.241. The predicted octanol–water partition coefficient (Wildman–Crippen LogP) is 1.61. The second-order valence-corrected chi connectivity index (χ2v) is 3.06. The van der Waals surface area contributed by atoms with Gasteiger partial charge in [-0.2, -0.15) is 0 Å². The molecule has 5 heteroatoms. The van der Waals surface area contributed by atoms with E-state index in [4.69, 9.17) is 17.0 Å². The zero-order chi connectivity index (χ0) is 9.68. The van der Waals surface area contributed by atoms with Gasteiger partial charge in [0.25, 0.3) is 5.56 Å². The van der Waals surface area contributed by atoms with E-state index in [2.05, 4.69) is 16.9 Å². The van der Waals surface area contributed by atoms with E-state index in [0.29, 0.717) is 17.3 Å². The van der Waals surface area contributed by atoms with Crippen LogP contribution in [0.5, 0.6) is 5.88 Å². The van der Waals surface area contributed by atoms with E-state index in [1.165, 1.54) is 6.07 Å². The first-order chi connectivity index (χ1) is 6.22. The van der Waals surface area contributed by atoms with Crippen molar-refractivity contribution in [3.63, 3.8) is 0 Å². The molecule has 0 aromatic carbocycles. The average Bonchev–Trinajstić information content (AvgIpc) is 2.03. The molecule has 0 saturated heterocycles. The molecule has 4 nitrogen and oxygen atoms in total. The van der Waals surface area contributed by atoms with E-state index < -0.39 is 0 Å². The molecular weight excluding hydrogens is 188 g/mol. The number of unbranched alkanes of at least 4 members (excludes halogenated alkanes) is 1. The van der Waals surface area contributed by atoms with Crippen molar-refractivity contribution in [2.45, 2.75) is 19.8 Å². The third-order valence-corrected chi connectivity index (χ3v) is 1.70. The largest absolute Gasteiger partial charge is 0.479 e. The van der Waals surface area contributed by atoms with Gasteiger partial charge in [0.15, 0.2) is 10.7 Å². The maximum absolute atomic E-state index is 10.9. The van der Waals surface area contributed by atoms with Gasteiger partial charge in [-0.1, -0.05) is 13.3 Å². The Kier molecular flexibility index (Phi) is 3.70. The molecule has 0 spiro atoms. The van der Waals surface area contributed by atoms with Crippen LogP contribution in [0.4, 0.5) is 0 Å². The molecule has 0 bridgehead atoms. The van der Waals surface area contributed by atoms with Crippen molar-refractivity contribution in [2.75, 3.05) is 6.61 Å². The summed E-state index contributed by atoms with van der Waals surface area (Å²) in [5.41, 5.74) is -0.241. The molecule has 1 aromatic rings. The van der Waals surface area contributed by atoms with Gasteiger partial charge in [0, 0.05) is 0 Å².